The first kappa shape index (κ1) is 9.57. The minimum Gasteiger partial charge on any atom is -0.500 e. The second-order valence-electron chi connectivity index (χ2n) is 3.85. The smallest absolute Gasteiger partial charge is 0.242 e. The molecule has 0 radical (unpaired) electrons. The van der Waals surface area contributed by atoms with Gasteiger partial charge < -0.3 is 20.4 Å². The Bertz CT molecular complexity index is 309. The van der Waals surface area contributed by atoms with Gasteiger partial charge in [-0.25, -0.2) is 0 Å². The van der Waals surface area contributed by atoms with Crippen LogP contribution in [-0.2, 0) is 5.54 Å². The summed E-state index contributed by atoms with van der Waals surface area (Å²) in [6, 6.07) is 0. The van der Waals surface area contributed by atoms with Crippen LogP contribution in [-0.4, -0.2) is 25.0 Å². The second-order valence-corrected chi connectivity index (χ2v) is 3.85. The highest BCUT2D eigenvalue weighted by Crippen LogP contribution is 2.47. The van der Waals surface area contributed by atoms with E-state index < -0.39 is 28.8 Å². The number of hydrogen-bond acceptors (Lipinski definition) is 4. The molecule has 0 fully saturated rings. The van der Waals surface area contributed by atoms with Crippen LogP contribution in [0.25, 0.3) is 0 Å². The zero-order chi connectivity index (χ0) is 10.4. The Hall–Kier alpha value is -1.52. The molecule has 1 heterocycles. The Labute approximate surface area is 75.5 Å². The van der Waals surface area contributed by atoms with Crippen molar-refractivity contribution < 1.29 is 20.4 Å². The molecule has 0 aliphatic rings. The quantitative estimate of drug-likeness (QED) is 0.489. The number of aromatic hydroxyl groups is 4. The molecule has 0 bridgehead atoms. The minimum atomic E-state index is -0.701. The lowest BCUT2D eigenvalue weighted by Gasteiger charge is -2.22. The summed E-state index contributed by atoms with van der Waals surface area (Å²) in [5, 5.41) is 36.8. The van der Waals surface area contributed by atoms with Gasteiger partial charge in [-0.2, -0.15) is 0 Å². The van der Waals surface area contributed by atoms with Gasteiger partial charge in [0.25, 0.3) is 0 Å². The summed E-state index contributed by atoms with van der Waals surface area (Å²) >= 11 is 0. The summed E-state index contributed by atoms with van der Waals surface area (Å²) in [6.45, 7) is 5.14. The van der Waals surface area contributed by atoms with Crippen molar-refractivity contribution in [1.29, 1.82) is 0 Å². The van der Waals surface area contributed by atoms with Crippen LogP contribution in [0.2, 0.25) is 0 Å². The third kappa shape index (κ3) is 1.26. The third-order valence-electron chi connectivity index (χ3n) is 1.74. The molecule has 0 aliphatic heterocycles. The fourth-order valence-electron chi connectivity index (χ4n) is 1.16. The zero-order valence-corrected chi connectivity index (χ0v) is 7.74. The average molecular weight is 187 g/mol. The van der Waals surface area contributed by atoms with Gasteiger partial charge in [-0.15, -0.1) is 0 Å². The van der Waals surface area contributed by atoms with Crippen LogP contribution < -0.4 is 0 Å². The van der Waals surface area contributed by atoms with Gasteiger partial charge in [-0.1, -0.05) is 0 Å². The van der Waals surface area contributed by atoms with Crippen LogP contribution in [0.4, 0.5) is 0 Å². The van der Waals surface area contributed by atoms with Crippen LogP contribution >= 0.6 is 0 Å². The molecule has 0 unspecified atom stereocenters. The van der Waals surface area contributed by atoms with Crippen molar-refractivity contribution in [2.24, 2.45) is 0 Å². The Morgan fingerprint density at radius 1 is 0.846 bits per heavy atom. The highest BCUT2D eigenvalue weighted by atomic mass is 16.4. The van der Waals surface area contributed by atoms with Gasteiger partial charge >= 0.3 is 0 Å². The highest BCUT2D eigenvalue weighted by Gasteiger charge is 2.28. The predicted molar refractivity (Wildman–Crippen MR) is 46.1 cm³/mol. The molecule has 1 rings (SSSR count). The van der Waals surface area contributed by atoms with E-state index in [1.54, 1.807) is 20.8 Å². The first-order valence-electron chi connectivity index (χ1n) is 3.82. The molecule has 0 spiro atoms. The third-order valence-corrected chi connectivity index (χ3v) is 1.74. The highest BCUT2D eigenvalue weighted by molar-refractivity contribution is 5.55. The maximum atomic E-state index is 9.33. The lowest BCUT2D eigenvalue weighted by molar-refractivity contribution is 0.274. The van der Waals surface area contributed by atoms with Gasteiger partial charge in [0.2, 0.25) is 23.3 Å². The molecule has 4 N–H and O–H groups in total. The number of aromatic nitrogens is 1. The van der Waals surface area contributed by atoms with Crippen molar-refractivity contribution >= 4 is 0 Å². The molecular formula is C8H13NO4. The summed E-state index contributed by atoms with van der Waals surface area (Å²) in [5.41, 5.74) is -0.618. The van der Waals surface area contributed by atoms with E-state index in [2.05, 4.69) is 0 Å². The molecule has 13 heavy (non-hydrogen) atoms. The Balaban J connectivity index is 3.47. The predicted octanol–water partition coefficient (Wildman–Crippen LogP) is 1.07. The van der Waals surface area contributed by atoms with Crippen LogP contribution in [0.1, 0.15) is 20.8 Å². The number of hydrogen-bond donors (Lipinski definition) is 4. The summed E-state index contributed by atoms with van der Waals surface area (Å²) < 4.78 is 1.04. The molecule has 0 saturated carbocycles. The van der Waals surface area contributed by atoms with E-state index in [9.17, 15) is 10.2 Å². The lowest BCUT2D eigenvalue weighted by atomic mass is 10.1. The van der Waals surface area contributed by atoms with Crippen molar-refractivity contribution in [3.05, 3.63) is 0 Å². The summed E-state index contributed by atoms with van der Waals surface area (Å²) in [6.07, 6.45) is 0. The maximum absolute atomic E-state index is 9.33. The van der Waals surface area contributed by atoms with Crippen molar-refractivity contribution in [3.63, 3.8) is 0 Å². The van der Waals surface area contributed by atoms with Crippen LogP contribution in [0.15, 0.2) is 0 Å². The fraction of sp³-hybridized carbons (Fsp3) is 0.500. The first-order chi connectivity index (χ1) is 5.76. The molecular weight excluding hydrogens is 174 g/mol. The number of rotatable bonds is 0. The van der Waals surface area contributed by atoms with E-state index in [1.165, 1.54) is 0 Å². The normalized spacial score (nSPS) is 11.9. The first-order valence-corrected chi connectivity index (χ1v) is 3.82. The molecule has 0 saturated heterocycles. The maximum Gasteiger partial charge on any atom is 0.242 e. The summed E-state index contributed by atoms with van der Waals surface area (Å²) in [5.74, 6) is -2.48. The van der Waals surface area contributed by atoms with Crippen molar-refractivity contribution in [3.8, 4) is 23.3 Å². The SMILES string of the molecule is CC(C)(C)n1c(O)c(O)c(O)c1O. The second kappa shape index (κ2) is 2.48. The average Bonchev–Trinajstić information content (AvgIpc) is 2.14. The molecule has 0 aromatic carbocycles. The van der Waals surface area contributed by atoms with Crippen molar-refractivity contribution in [2.45, 2.75) is 26.3 Å². The van der Waals surface area contributed by atoms with Crippen LogP contribution in [0.5, 0.6) is 23.3 Å². The van der Waals surface area contributed by atoms with Crippen LogP contribution in [0.3, 0.4) is 0 Å². The molecule has 5 heteroatoms. The van der Waals surface area contributed by atoms with E-state index in [-0.39, 0.29) is 0 Å². The van der Waals surface area contributed by atoms with E-state index in [0.717, 1.165) is 4.57 Å². The van der Waals surface area contributed by atoms with Gasteiger partial charge in [0.15, 0.2) is 0 Å². The Kier molecular flexibility index (Phi) is 1.83. The Morgan fingerprint density at radius 2 is 1.15 bits per heavy atom. The molecule has 5 nitrogen and oxygen atoms in total. The monoisotopic (exact) mass is 187 g/mol. The van der Waals surface area contributed by atoms with Gasteiger partial charge in [-0.05, 0) is 20.8 Å². The molecule has 0 amide bonds. The Morgan fingerprint density at radius 3 is 1.31 bits per heavy atom. The molecule has 0 aliphatic carbocycles. The largest absolute Gasteiger partial charge is 0.500 e. The van der Waals surface area contributed by atoms with Gasteiger partial charge in [0, 0.05) is 5.54 Å². The lowest BCUT2D eigenvalue weighted by Crippen LogP contribution is -2.20. The van der Waals surface area contributed by atoms with E-state index in [4.69, 9.17) is 10.2 Å². The molecule has 74 valence electrons. The van der Waals surface area contributed by atoms with Gasteiger partial charge in [-0.3, -0.25) is 4.57 Å². The van der Waals surface area contributed by atoms with Crippen molar-refractivity contribution in [1.82, 2.24) is 4.57 Å². The standard InChI is InChI=1S/C8H13NO4/c1-8(2,3)9-6(12)4(10)5(11)7(9)13/h10-13H,1-3H3. The summed E-state index contributed by atoms with van der Waals surface area (Å²) in [4.78, 5) is 0. The van der Waals surface area contributed by atoms with Crippen molar-refractivity contribution in [2.75, 3.05) is 0 Å². The van der Waals surface area contributed by atoms with E-state index in [0.29, 0.717) is 0 Å². The summed E-state index contributed by atoms with van der Waals surface area (Å²) in [7, 11) is 0. The number of nitrogens with zero attached hydrogens (tertiary/aromatic N) is 1. The van der Waals surface area contributed by atoms with E-state index >= 15 is 0 Å². The minimum absolute atomic E-state index is 0.539. The zero-order valence-electron chi connectivity index (χ0n) is 7.74. The van der Waals surface area contributed by atoms with Gasteiger partial charge in [0.1, 0.15) is 0 Å². The van der Waals surface area contributed by atoms with E-state index in [1.807, 2.05) is 0 Å². The molecule has 1 aromatic rings. The topological polar surface area (TPSA) is 85.9 Å². The molecule has 1 aromatic heterocycles. The van der Waals surface area contributed by atoms with Gasteiger partial charge in [0.05, 0.1) is 0 Å². The fourth-order valence-corrected chi connectivity index (χ4v) is 1.16. The molecule has 0 atom stereocenters. The van der Waals surface area contributed by atoms with Crippen LogP contribution in [0, 0.1) is 0 Å².